The van der Waals surface area contributed by atoms with Crippen LogP contribution in [-0.2, 0) is 0 Å². The first kappa shape index (κ1) is 8.34. The number of ether oxygens (including phenoxy) is 2. The first-order valence-electron chi connectivity index (χ1n) is 4.06. The Hall–Kier alpha value is -1.26. The molecule has 0 saturated carbocycles. The highest BCUT2D eigenvalue weighted by Crippen LogP contribution is 2.33. The molecule has 1 aromatic rings. The minimum absolute atomic E-state index is 0.258. The van der Waals surface area contributed by atoms with Gasteiger partial charge in [0, 0.05) is 0 Å². The molecule has 70 valence electrons. The normalized spacial score (nSPS) is 15.8. The SMILES string of the molecule is CNC(O)c1ccc2c(c1)OCO2. The van der Waals surface area contributed by atoms with Gasteiger partial charge in [-0.15, -0.1) is 0 Å². The van der Waals surface area contributed by atoms with E-state index >= 15 is 0 Å². The van der Waals surface area contributed by atoms with Gasteiger partial charge in [0.2, 0.25) is 6.79 Å². The maximum atomic E-state index is 9.45. The number of hydrogen-bond donors (Lipinski definition) is 2. The summed E-state index contributed by atoms with van der Waals surface area (Å²) < 4.78 is 10.3. The third kappa shape index (κ3) is 1.46. The average Bonchev–Trinajstić information content (AvgIpc) is 2.63. The lowest BCUT2D eigenvalue weighted by Crippen LogP contribution is -2.14. The molecule has 13 heavy (non-hydrogen) atoms. The fourth-order valence-electron chi connectivity index (χ4n) is 1.25. The smallest absolute Gasteiger partial charge is 0.231 e. The van der Waals surface area contributed by atoms with Gasteiger partial charge in [0.15, 0.2) is 11.5 Å². The van der Waals surface area contributed by atoms with E-state index in [0.717, 1.165) is 11.3 Å². The maximum absolute atomic E-state index is 9.45. The Balaban J connectivity index is 2.30. The average molecular weight is 181 g/mol. The van der Waals surface area contributed by atoms with Crippen LogP contribution in [0.25, 0.3) is 0 Å². The topological polar surface area (TPSA) is 50.7 Å². The highest BCUT2D eigenvalue weighted by Gasteiger charge is 2.15. The number of nitrogens with one attached hydrogen (secondary N) is 1. The van der Waals surface area contributed by atoms with E-state index in [1.807, 2.05) is 0 Å². The van der Waals surface area contributed by atoms with Crippen molar-refractivity contribution in [2.45, 2.75) is 6.23 Å². The second-order valence-electron chi connectivity index (χ2n) is 2.80. The van der Waals surface area contributed by atoms with Gasteiger partial charge in [0.1, 0.15) is 6.23 Å². The second-order valence-corrected chi connectivity index (χ2v) is 2.80. The molecular weight excluding hydrogens is 170 g/mol. The Morgan fingerprint density at radius 3 is 2.92 bits per heavy atom. The minimum atomic E-state index is -0.658. The van der Waals surface area contributed by atoms with E-state index in [9.17, 15) is 5.11 Å². The van der Waals surface area contributed by atoms with Gasteiger partial charge in [-0.05, 0) is 24.7 Å². The van der Waals surface area contributed by atoms with Gasteiger partial charge < -0.3 is 14.6 Å². The molecule has 1 aliphatic heterocycles. The molecule has 0 spiro atoms. The summed E-state index contributed by atoms with van der Waals surface area (Å²) in [5.74, 6) is 1.42. The zero-order valence-corrected chi connectivity index (χ0v) is 7.28. The van der Waals surface area contributed by atoms with E-state index in [1.165, 1.54) is 0 Å². The molecule has 0 aliphatic carbocycles. The van der Waals surface area contributed by atoms with Crippen molar-refractivity contribution in [3.63, 3.8) is 0 Å². The lowest BCUT2D eigenvalue weighted by molar-refractivity contribution is 0.148. The molecular formula is C9H11NO3. The van der Waals surface area contributed by atoms with Crippen LogP contribution >= 0.6 is 0 Å². The number of hydrogen-bond acceptors (Lipinski definition) is 4. The monoisotopic (exact) mass is 181 g/mol. The summed E-state index contributed by atoms with van der Waals surface area (Å²) in [5, 5.41) is 12.2. The summed E-state index contributed by atoms with van der Waals surface area (Å²) in [6.45, 7) is 0.258. The number of benzene rings is 1. The minimum Gasteiger partial charge on any atom is -0.454 e. The van der Waals surface area contributed by atoms with Crippen molar-refractivity contribution < 1.29 is 14.6 Å². The highest BCUT2D eigenvalue weighted by atomic mass is 16.7. The molecule has 0 amide bonds. The van der Waals surface area contributed by atoms with Crippen LogP contribution in [0.5, 0.6) is 11.5 Å². The van der Waals surface area contributed by atoms with E-state index in [0.29, 0.717) is 5.75 Å². The van der Waals surface area contributed by atoms with Crippen LogP contribution in [0.15, 0.2) is 18.2 Å². The Morgan fingerprint density at radius 2 is 2.15 bits per heavy atom. The summed E-state index contributed by atoms with van der Waals surface area (Å²) in [7, 11) is 1.69. The van der Waals surface area contributed by atoms with E-state index in [4.69, 9.17) is 9.47 Å². The molecule has 4 heteroatoms. The summed E-state index contributed by atoms with van der Waals surface area (Å²) in [5.41, 5.74) is 0.770. The number of aliphatic hydroxyl groups excluding tert-OH is 1. The molecule has 2 N–H and O–H groups in total. The molecule has 1 heterocycles. The largest absolute Gasteiger partial charge is 0.454 e. The van der Waals surface area contributed by atoms with E-state index in [-0.39, 0.29) is 6.79 Å². The Bertz CT molecular complexity index is 314. The van der Waals surface area contributed by atoms with Crippen LogP contribution in [0.3, 0.4) is 0 Å². The molecule has 4 nitrogen and oxygen atoms in total. The highest BCUT2D eigenvalue weighted by molar-refractivity contribution is 5.44. The van der Waals surface area contributed by atoms with Crippen molar-refractivity contribution in [2.24, 2.45) is 0 Å². The van der Waals surface area contributed by atoms with E-state index in [1.54, 1.807) is 25.2 Å². The van der Waals surface area contributed by atoms with Crippen molar-refractivity contribution in [1.82, 2.24) is 5.32 Å². The Morgan fingerprint density at radius 1 is 1.38 bits per heavy atom. The van der Waals surface area contributed by atoms with Crippen LogP contribution < -0.4 is 14.8 Å². The number of aliphatic hydroxyl groups is 1. The molecule has 2 rings (SSSR count). The molecule has 0 bridgehead atoms. The Kier molecular flexibility index (Phi) is 2.08. The van der Waals surface area contributed by atoms with E-state index < -0.39 is 6.23 Å². The summed E-state index contributed by atoms with van der Waals surface area (Å²) in [4.78, 5) is 0. The maximum Gasteiger partial charge on any atom is 0.231 e. The van der Waals surface area contributed by atoms with Crippen LogP contribution in [-0.4, -0.2) is 18.9 Å². The van der Waals surface area contributed by atoms with E-state index in [2.05, 4.69) is 5.32 Å². The molecule has 0 radical (unpaired) electrons. The Labute approximate surface area is 76.1 Å². The van der Waals surface area contributed by atoms with Crippen molar-refractivity contribution in [2.75, 3.05) is 13.8 Å². The lowest BCUT2D eigenvalue weighted by atomic mass is 10.2. The van der Waals surface area contributed by atoms with Gasteiger partial charge in [-0.1, -0.05) is 6.07 Å². The van der Waals surface area contributed by atoms with Crippen LogP contribution in [0.1, 0.15) is 11.8 Å². The van der Waals surface area contributed by atoms with Gasteiger partial charge in [0.05, 0.1) is 0 Å². The van der Waals surface area contributed by atoms with Crippen LogP contribution in [0.4, 0.5) is 0 Å². The van der Waals surface area contributed by atoms with Crippen molar-refractivity contribution in [3.05, 3.63) is 23.8 Å². The van der Waals surface area contributed by atoms with Crippen LogP contribution in [0, 0.1) is 0 Å². The first-order valence-corrected chi connectivity index (χ1v) is 4.06. The standard InChI is InChI=1S/C9H11NO3/c1-10-9(11)6-2-3-7-8(4-6)13-5-12-7/h2-4,9-11H,5H2,1H3. The van der Waals surface area contributed by atoms with Crippen molar-refractivity contribution in [3.8, 4) is 11.5 Å². The van der Waals surface area contributed by atoms with Crippen molar-refractivity contribution >= 4 is 0 Å². The fraction of sp³-hybridized carbons (Fsp3) is 0.333. The summed E-state index contributed by atoms with van der Waals surface area (Å²) >= 11 is 0. The molecule has 1 unspecified atom stereocenters. The predicted molar refractivity (Wildman–Crippen MR) is 46.6 cm³/mol. The summed E-state index contributed by atoms with van der Waals surface area (Å²) in [6.07, 6.45) is -0.658. The van der Waals surface area contributed by atoms with Gasteiger partial charge in [-0.2, -0.15) is 0 Å². The molecule has 0 saturated heterocycles. The molecule has 1 atom stereocenters. The predicted octanol–water partition coefficient (Wildman–Crippen LogP) is 0.626. The third-order valence-corrected chi connectivity index (χ3v) is 1.99. The lowest BCUT2D eigenvalue weighted by Gasteiger charge is -2.09. The molecule has 0 fully saturated rings. The zero-order valence-electron chi connectivity index (χ0n) is 7.28. The zero-order chi connectivity index (χ0) is 9.26. The van der Waals surface area contributed by atoms with Gasteiger partial charge in [0.25, 0.3) is 0 Å². The van der Waals surface area contributed by atoms with Gasteiger partial charge in [-0.25, -0.2) is 0 Å². The van der Waals surface area contributed by atoms with Gasteiger partial charge >= 0.3 is 0 Å². The molecule has 0 aromatic heterocycles. The second kappa shape index (κ2) is 3.24. The number of rotatable bonds is 2. The third-order valence-electron chi connectivity index (χ3n) is 1.99. The van der Waals surface area contributed by atoms with Crippen LogP contribution in [0.2, 0.25) is 0 Å². The van der Waals surface area contributed by atoms with Gasteiger partial charge in [-0.3, -0.25) is 5.32 Å². The van der Waals surface area contributed by atoms with Crippen molar-refractivity contribution in [1.29, 1.82) is 0 Å². The fourth-order valence-corrected chi connectivity index (χ4v) is 1.25. The molecule has 1 aromatic carbocycles. The quantitative estimate of drug-likeness (QED) is 0.657. The summed E-state index contributed by atoms with van der Waals surface area (Å²) in [6, 6.07) is 5.36. The molecule has 1 aliphatic rings. The first-order chi connectivity index (χ1) is 6.31. The number of fused-ring (bicyclic) bond motifs is 1.